The molecule has 3 aromatic rings. The molecule has 1 saturated carbocycles. The molecule has 348 valence electrons. The van der Waals surface area contributed by atoms with Crippen LogP contribution in [0, 0.1) is 31.6 Å². The van der Waals surface area contributed by atoms with Gasteiger partial charge in [0.1, 0.15) is 29.9 Å². The van der Waals surface area contributed by atoms with Crippen molar-refractivity contribution in [2.75, 3.05) is 26.9 Å². The van der Waals surface area contributed by atoms with Crippen LogP contribution < -0.4 is 9.47 Å². The van der Waals surface area contributed by atoms with Crippen LogP contribution in [0.2, 0.25) is 0 Å². The van der Waals surface area contributed by atoms with E-state index in [2.05, 4.69) is 51.6 Å². The molecule has 3 aromatic carbocycles. The largest absolute Gasteiger partial charge is 0.459 e. The summed E-state index contributed by atoms with van der Waals surface area (Å²) in [6, 6.07) is 21.8. The maximum absolute atomic E-state index is 14.5. The van der Waals surface area contributed by atoms with Gasteiger partial charge in [-0.15, -0.1) is 6.58 Å². The fraction of sp³-hybridized carbons (Fsp3) is 0.564. The Kier molecular flexibility index (Phi) is 18.9. The van der Waals surface area contributed by atoms with Crippen LogP contribution >= 0.6 is 0 Å². The monoisotopic (exact) mass is 877 g/mol. The van der Waals surface area contributed by atoms with Crippen molar-refractivity contribution in [3.63, 3.8) is 0 Å². The van der Waals surface area contributed by atoms with E-state index in [-0.39, 0.29) is 49.4 Å². The third kappa shape index (κ3) is 12.3. The number of oxime groups is 1. The van der Waals surface area contributed by atoms with E-state index in [4.69, 9.17) is 24.2 Å². The zero-order valence-electron chi connectivity index (χ0n) is 39.3. The van der Waals surface area contributed by atoms with Gasteiger partial charge in [-0.05, 0) is 110 Å². The molecule has 1 heterocycles. The highest BCUT2D eigenvalue weighted by atomic mass is 16.7. The predicted octanol–water partition coefficient (Wildman–Crippen LogP) is 12.3. The minimum atomic E-state index is -1.28. The van der Waals surface area contributed by atoms with Gasteiger partial charge < -0.3 is 34.2 Å². The number of carbonyl (C=O) groups is 1. The zero-order valence-corrected chi connectivity index (χ0v) is 39.3. The number of unbranched alkanes of at least 4 members (excludes halogenated alkanes) is 10. The van der Waals surface area contributed by atoms with Gasteiger partial charge in [0.2, 0.25) is 11.7 Å². The van der Waals surface area contributed by atoms with Gasteiger partial charge >= 0.3 is 0 Å². The number of hydrogen-bond acceptors (Lipinski definition) is 8. The van der Waals surface area contributed by atoms with Gasteiger partial charge in [0.05, 0.1) is 18.2 Å². The third-order valence-electron chi connectivity index (χ3n) is 14.0. The first-order valence-electron chi connectivity index (χ1n) is 24.5. The summed E-state index contributed by atoms with van der Waals surface area (Å²) in [5.74, 6) is 0.743. The van der Waals surface area contributed by atoms with E-state index in [0.29, 0.717) is 43.8 Å². The average molecular weight is 877 g/mol. The molecule has 1 aliphatic heterocycles. The number of carbonyl (C=O) groups excluding carboxylic acids is 1. The molecule has 9 heteroatoms. The molecule has 6 rings (SSSR count). The Bertz CT molecular complexity index is 2000. The quantitative estimate of drug-likeness (QED) is 0.0446. The van der Waals surface area contributed by atoms with E-state index < -0.39 is 11.8 Å². The fourth-order valence-corrected chi connectivity index (χ4v) is 10.4. The van der Waals surface area contributed by atoms with Crippen LogP contribution in [0.25, 0.3) is 0 Å². The Labute approximate surface area is 383 Å². The van der Waals surface area contributed by atoms with Crippen molar-refractivity contribution in [1.29, 1.82) is 0 Å². The van der Waals surface area contributed by atoms with Gasteiger partial charge in [0.15, 0.2) is 0 Å². The lowest BCUT2D eigenvalue weighted by molar-refractivity contribution is -0.255. The van der Waals surface area contributed by atoms with Crippen molar-refractivity contribution in [1.82, 2.24) is 4.90 Å². The van der Waals surface area contributed by atoms with Gasteiger partial charge in [-0.25, -0.2) is 0 Å². The molecule has 0 radical (unpaired) electrons. The minimum Gasteiger partial charge on any atom is -0.459 e. The van der Waals surface area contributed by atoms with E-state index in [0.717, 1.165) is 78.7 Å². The Morgan fingerprint density at radius 2 is 1.55 bits per heavy atom. The second-order valence-electron chi connectivity index (χ2n) is 18.5. The Morgan fingerprint density at radius 1 is 0.859 bits per heavy atom. The highest BCUT2D eigenvalue weighted by Crippen LogP contribution is 2.62. The number of amides is 1. The second-order valence-corrected chi connectivity index (χ2v) is 18.5. The van der Waals surface area contributed by atoms with Crippen molar-refractivity contribution in [2.45, 2.75) is 154 Å². The number of aliphatic hydroxyl groups is 2. The van der Waals surface area contributed by atoms with Gasteiger partial charge in [-0.1, -0.05) is 125 Å². The molecule has 1 amide bonds. The molecule has 3 aliphatic rings. The number of fused-ring (bicyclic) bond motifs is 2. The Balaban J connectivity index is 1.44. The lowest BCUT2D eigenvalue weighted by Crippen LogP contribution is -2.69. The molecular formula is C55H76N2O7. The minimum absolute atomic E-state index is 0.0618. The number of hydrogen-bond donors (Lipinski definition) is 2. The SMILES string of the molecule is C=CCO[C@@]12Oc3ccc(Oc4ccc(C)c(C)c4)cc3[C@H]3[C@H](CCCCO)[C@@H](CCCCO)C=C(C(=NOCc4ccccc4)C[C@@H]1N(C)C(=O)CCCCCCCCCCC)[C@H]32. The molecule has 9 nitrogen and oxygen atoms in total. The van der Waals surface area contributed by atoms with E-state index in [1.807, 2.05) is 60.5 Å². The molecule has 0 spiro atoms. The molecule has 0 bridgehead atoms. The highest BCUT2D eigenvalue weighted by Gasteiger charge is 2.65. The summed E-state index contributed by atoms with van der Waals surface area (Å²) in [7, 11) is 1.91. The smallest absolute Gasteiger partial charge is 0.239 e. The molecular weight excluding hydrogens is 801 g/mol. The number of rotatable bonds is 27. The number of aliphatic hydroxyl groups excluding tert-OH is 2. The molecule has 0 aromatic heterocycles. The van der Waals surface area contributed by atoms with Crippen LogP contribution in [-0.2, 0) is 21.0 Å². The second kappa shape index (κ2) is 24.7. The normalized spacial score (nSPS) is 22.8. The molecule has 1 fully saturated rings. The lowest BCUT2D eigenvalue weighted by Gasteiger charge is -2.59. The Hall–Kier alpha value is -4.44. The van der Waals surface area contributed by atoms with Gasteiger partial charge in [0, 0.05) is 44.6 Å². The summed E-state index contributed by atoms with van der Waals surface area (Å²) in [6.07, 6.45) is 20.5. The maximum atomic E-state index is 14.5. The average Bonchev–Trinajstić information content (AvgIpc) is 3.30. The van der Waals surface area contributed by atoms with E-state index >= 15 is 0 Å². The van der Waals surface area contributed by atoms with Crippen LogP contribution in [0.4, 0.5) is 0 Å². The first-order valence-corrected chi connectivity index (χ1v) is 24.5. The van der Waals surface area contributed by atoms with Crippen LogP contribution in [-0.4, -0.2) is 65.4 Å². The van der Waals surface area contributed by atoms with E-state index in [1.54, 1.807) is 6.08 Å². The maximum Gasteiger partial charge on any atom is 0.239 e. The molecule has 0 saturated heterocycles. The zero-order chi connectivity index (χ0) is 45.3. The third-order valence-corrected chi connectivity index (χ3v) is 14.0. The first-order chi connectivity index (χ1) is 31.2. The lowest BCUT2D eigenvalue weighted by atomic mass is 9.55. The Morgan fingerprint density at radius 3 is 2.25 bits per heavy atom. The van der Waals surface area contributed by atoms with Crippen LogP contribution in [0.1, 0.15) is 144 Å². The molecule has 2 N–H and O–H groups in total. The number of benzene rings is 3. The van der Waals surface area contributed by atoms with Crippen LogP contribution in [0.15, 0.2) is 96.2 Å². The van der Waals surface area contributed by atoms with Crippen molar-refractivity contribution in [3.8, 4) is 17.2 Å². The van der Waals surface area contributed by atoms with Crippen molar-refractivity contribution >= 4 is 11.6 Å². The number of ether oxygens (including phenoxy) is 3. The fourth-order valence-electron chi connectivity index (χ4n) is 10.4. The topological polar surface area (TPSA) is 110 Å². The van der Waals surface area contributed by atoms with Crippen molar-refractivity contribution in [2.24, 2.45) is 22.9 Å². The summed E-state index contributed by atoms with van der Waals surface area (Å²) in [4.78, 5) is 22.6. The van der Waals surface area contributed by atoms with Crippen LogP contribution in [0.3, 0.4) is 0 Å². The van der Waals surface area contributed by atoms with Crippen molar-refractivity contribution in [3.05, 3.63) is 113 Å². The van der Waals surface area contributed by atoms with Gasteiger partial charge in [-0.2, -0.15) is 0 Å². The highest BCUT2D eigenvalue weighted by molar-refractivity contribution is 6.03. The van der Waals surface area contributed by atoms with E-state index in [1.165, 1.54) is 44.1 Å². The number of nitrogens with zero attached hydrogens (tertiary/aromatic N) is 2. The number of aryl methyl sites for hydroxylation is 2. The standard InChI is InChI=1S/C55H76N2O7/c1-6-8-9-10-11-12-13-14-18-27-52(60)57(5)51-38-49(56-62-39-42-23-16-15-17-24-42)47-36-43(25-19-21-32-58)46(26-20-22-33-59)53-48-37-45(63-44-29-28-40(3)41(4)35-44)30-31-50(48)64-55(51,54(47)53)61-34-7-2/h7,15-17,23-24,28-31,35-37,43,46,51,53-54,58-59H,2,6,8-14,18-22,25-27,32-34,38-39H2,1,3-5H3/t43-,46+,51-,53+,54+,55+/m0/s1. The summed E-state index contributed by atoms with van der Waals surface area (Å²) < 4.78 is 21.1. The predicted molar refractivity (Wildman–Crippen MR) is 257 cm³/mol. The summed E-state index contributed by atoms with van der Waals surface area (Å²) in [6.45, 7) is 11.3. The van der Waals surface area contributed by atoms with Crippen molar-refractivity contribution < 1.29 is 34.1 Å². The molecule has 6 atom stereocenters. The first kappa shape index (κ1) is 49.0. The number of allylic oxidation sites excluding steroid dienone is 1. The van der Waals surface area contributed by atoms with Gasteiger partial charge in [-0.3, -0.25) is 4.79 Å². The van der Waals surface area contributed by atoms with E-state index in [9.17, 15) is 15.0 Å². The van der Waals surface area contributed by atoms with Crippen LogP contribution in [0.5, 0.6) is 17.2 Å². The van der Waals surface area contributed by atoms with Gasteiger partial charge in [0.25, 0.3) is 0 Å². The number of likely N-dealkylation sites (N-methyl/N-ethyl adjacent to an activating group) is 1. The molecule has 64 heavy (non-hydrogen) atoms. The molecule has 2 aliphatic carbocycles. The summed E-state index contributed by atoms with van der Waals surface area (Å²) in [5.41, 5.74) is 6.23. The molecule has 0 unspecified atom stereocenters. The summed E-state index contributed by atoms with van der Waals surface area (Å²) in [5, 5.41) is 24.9. The summed E-state index contributed by atoms with van der Waals surface area (Å²) >= 11 is 0.